The molecule has 0 spiro atoms. The number of amides is 1. The Labute approximate surface area is 162 Å². The molecule has 3 rings (SSSR count). The third-order valence-corrected chi connectivity index (χ3v) is 5.32. The number of nitrogens with one attached hydrogen (secondary N) is 2. The minimum absolute atomic E-state index is 0.0732. The number of methoxy groups -OCH3 is 1. The Balaban J connectivity index is 1.58. The molecule has 0 unspecified atom stereocenters. The van der Waals surface area contributed by atoms with Gasteiger partial charge in [0.2, 0.25) is 5.91 Å². The standard InChI is InChI=1S/C22H31N3O2/c1-16(2)25-15-20(13-21(25)22(26)23-10-11-27-3)24-14-17-8-9-18-6-4-5-7-19(18)12-17/h4-9,12,16,20-21,24H,10-11,13-15H2,1-3H3,(H,23,26)/t20-,21-/m0/s1. The summed E-state index contributed by atoms with van der Waals surface area (Å²) in [5.74, 6) is 0.107. The van der Waals surface area contributed by atoms with Crippen molar-refractivity contribution in [1.82, 2.24) is 15.5 Å². The lowest BCUT2D eigenvalue weighted by Crippen LogP contribution is -2.46. The van der Waals surface area contributed by atoms with Crippen molar-refractivity contribution < 1.29 is 9.53 Å². The van der Waals surface area contributed by atoms with Crippen molar-refractivity contribution in [2.24, 2.45) is 0 Å². The van der Waals surface area contributed by atoms with Gasteiger partial charge in [0.05, 0.1) is 12.6 Å². The molecule has 0 radical (unpaired) electrons. The number of rotatable bonds is 8. The Morgan fingerprint density at radius 2 is 2.00 bits per heavy atom. The molecule has 1 fully saturated rings. The smallest absolute Gasteiger partial charge is 0.237 e. The van der Waals surface area contributed by atoms with Crippen LogP contribution in [-0.2, 0) is 16.1 Å². The molecular weight excluding hydrogens is 338 g/mol. The van der Waals surface area contributed by atoms with Crippen LogP contribution in [0.15, 0.2) is 42.5 Å². The van der Waals surface area contributed by atoms with Gasteiger partial charge >= 0.3 is 0 Å². The SMILES string of the molecule is COCCNC(=O)[C@@H]1C[C@H](NCc2ccc3ccccc3c2)CN1C(C)C. The van der Waals surface area contributed by atoms with Crippen molar-refractivity contribution in [2.45, 2.75) is 44.9 Å². The predicted molar refractivity (Wildman–Crippen MR) is 110 cm³/mol. The van der Waals surface area contributed by atoms with E-state index in [2.05, 4.69) is 71.8 Å². The van der Waals surface area contributed by atoms with E-state index >= 15 is 0 Å². The van der Waals surface area contributed by atoms with Gasteiger partial charge in [0.25, 0.3) is 0 Å². The summed E-state index contributed by atoms with van der Waals surface area (Å²) in [4.78, 5) is 14.9. The van der Waals surface area contributed by atoms with Gasteiger partial charge in [0, 0.05) is 38.8 Å². The number of carbonyl (C=O) groups is 1. The molecular formula is C22H31N3O2. The number of nitrogens with zero attached hydrogens (tertiary/aromatic N) is 1. The molecule has 1 aliphatic heterocycles. The molecule has 2 aromatic rings. The van der Waals surface area contributed by atoms with Gasteiger partial charge in [0.15, 0.2) is 0 Å². The summed E-state index contributed by atoms with van der Waals surface area (Å²) in [5.41, 5.74) is 1.28. The Morgan fingerprint density at radius 3 is 2.74 bits per heavy atom. The van der Waals surface area contributed by atoms with Crippen LogP contribution in [0, 0.1) is 0 Å². The average molecular weight is 370 g/mol. The second kappa shape index (κ2) is 9.31. The third-order valence-electron chi connectivity index (χ3n) is 5.32. The van der Waals surface area contributed by atoms with Crippen LogP contribution in [-0.4, -0.2) is 55.7 Å². The average Bonchev–Trinajstić information content (AvgIpc) is 3.11. The fourth-order valence-electron chi connectivity index (χ4n) is 3.84. The molecule has 0 saturated carbocycles. The first-order chi connectivity index (χ1) is 13.1. The molecule has 0 aliphatic carbocycles. The second-order valence-corrected chi connectivity index (χ2v) is 7.59. The summed E-state index contributed by atoms with van der Waals surface area (Å²) in [6.07, 6.45) is 0.838. The highest BCUT2D eigenvalue weighted by Gasteiger charge is 2.37. The van der Waals surface area contributed by atoms with Crippen LogP contribution < -0.4 is 10.6 Å². The van der Waals surface area contributed by atoms with Gasteiger partial charge in [-0.2, -0.15) is 0 Å². The molecule has 5 nitrogen and oxygen atoms in total. The van der Waals surface area contributed by atoms with E-state index in [1.807, 2.05) is 0 Å². The molecule has 0 bridgehead atoms. The first kappa shape index (κ1) is 19.8. The first-order valence-electron chi connectivity index (χ1n) is 9.82. The summed E-state index contributed by atoms with van der Waals surface area (Å²) in [6.45, 7) is 7.13. The van der Waals surface area contributed by atoms with Crippen LogP contribution in [0.5, 0.6) is 0 Å². The van der Waals surface area contributed by atoms with E-state index in [0.717, 1.165) is 19.5 Å². The minimum atomic E-state index is -0.0732. The van der Waals surface area contributed by atoms with Crippen molar-refractivity contribution in [3.63, 3.8) is 0 Å². The molecule has 1 heterocycles. The van der Waals surface area contributed by atoms with Crippen LogP contribution in [0.4, 0.5) is 0 Å². The number of fused-ring (bicyclic) bond motifs is 1. The number of hydrogen-bond donors (Lipinski definition) is 2. The molecule has 2 atom stereocenters. The minimum Gasteiger partial charge on any atom is -0.383 e. The van der Waals surface area contributed by atoms with Crippen LogP contribution in [0.3, 0.4) is 0 Å². The van der Waals surface area contributed by atoms with E-state index in [-0.39, 0.29) is 11.9 Å². The van der Waals surface area contributed by atoms with Gasteiger partial charge in [-0.15, -0.1) is 0 Å². The van der Waals surface area contributed by atoms with E-state index in [1.54, 1.807) is 7.11 Å². The lowest BCUT2D eigenvalue weighted by Gasteiger charge is -2.27. The first-order valence-corrected chi connectivity index (χ1v) is 9.82. The normalized spacial score (nSPS) is 20.4. The quantitative estimate of drug-likeness (QED) is 0.702. The Morgan fingerprint density at radius 1 is 1.22 bits per heavy atom. The maximum atomic E-state index is 12.6. The van der Waals surface area contributed by atoms with E-state index in [0.29, 0.717) is 25.2 Å². The van der Waals surface area contributed by atoms with Crippen molar-refractivity contribution in [3.05, 3.63) is 48.0 Å². The summed E-state index contributed by atoms with van der Waals surface area (Å²) in [5, 5.41) is 9.18. The molecule has 1 aliphatic rings. The van der Waals surface area contributed by atoms with E-state index in [9.17, 15) is 4.79 Å². The molecule has 1 saturated heterocycles. The lowest BCUT2D eigenvalue weighted by atomic mass is 10.1. The van der Waals surface area contributed by atoms with Crippen LogP contribution in [0.25, 0.3) is 10.8 Å². The van der Waals surface area contributed by atoms with Crippen molar-refractivity contribution in [2.75, 3.05) is 26.8 Å². The van der Waals surface area contributed by atoms with E-state index in [4.69, 9.17) is 4.74 Å². The zero-order valence-corrected chi connectivity index (χ0v) is 16.6. The highest BCUT2D eigenvalue weighted by molar-refractivity contribution is 5.83. The lowest BCUT2D eigenvalue weighted by molar-refractivity contribution is -0.126. The summed E-state index contributed by atoms with van der Waals surface area (Å²) >= 11 is 0. The zero-order valence-electron chi connectivity index (χ0n) is 16.6. The predicted octanol–water partition coefficient (Wildman–Crippen LogP) is 2.54. The Hall–Kier alpha value is -1.95. The third kappa shape index (κ3) is 5.06. The largest absolute Gasteiger partial charge is 0.383 e. The maximum Gasteiger partial charge on any atom is 0.237 e. The van der Waals surface area contributed by atoms with Gasteiger partial charge in [0.1, 0.15) is 0 Å². The summed E-state index contributed by atoms with van der Waals surface area (Å²) in [6, 6.07) is 15.6. The van der Waals surface area contributed by atoms with Crippen molar-refractivity contribution in [1.29, 1.82) is 0 Å². The monoisotopic (exact) mass is 369 g/mol. The maximum absolute atomic E-state index is 12.6. The number of ether oxygens (including phenoxy) is 1. The molecule has 2 N–H and O–H groups in total. The number of hydrogen-bond acceptors (Lipinski definition) is 4. The number of likely N-dealkylation sites (tertiary alicyclic amines) is 1. The van der Waals surface area contributed by atoms with E-state index in [1.165, 1.54) is 16.3 Å². The van der Waals surface area contributed by atoms with Crippen LogP contribution >= 0.6 is 0 Å². The Bertz CT molecular complexity index is 762. The van der Waals surface area contributed by atoms with Crippen molar-refractivity contribution in [3.8, 4) is 0 Å². The van der Waals surface area contributed by atoms with Gasteiger partial charge in [-0.25, -0.2) is 0 Å². The Kier molecular flexibility index (Phi) is 6.83. The molecule has 0 aromatic heterocycles. The van der Waals surface area contributed by atoms with Crippen LogP contribution in [0.2, 0.25) is 0 Å². The molecule has 2 aromatic carbocycles. The molecule has 5 heteroatoms. The zero-order chi connectivity index (χ0) is 19.2. The molecule has 1 amide bonds. The highest BCUT2D eigenvalue weighted by atomic mass is 16.5. The van der Waals surface area contributed by atoms with E-state index < -0.39 is 0 Å². The van der Waals surface area contributed by atoms with Crippen molar-refractivity contribution >= 4 is 16.7 Å². The van der Waals surface area contributed by atoms with Gasteiger partial charge in [-0.05, 0) is 42.7 Å². The van der Waals surface area contributed by atoms with Gasteiger partial charge < -0.3 is 15.4 Å². The summed E-state index contributed by atoms with van der Waals surface area (Å²) in [7, 11) is 1.65. The number of benzene rings is 2. The topological polar surface area (TPSA) is 53.6 Å². The molecule has 27 heavy (non-hydrogen) atoms. The van der Waals surface area contributed by atoms with Gasteiger partial charge in [-0.3, -0.25) is 9.69 Å². The fourth-order valence-corrected chi connectivity index (χ4v) is 3.84. The van der Waals surface area contributed by atoms with Crippen LogP contribution in [0.1, 0.15) is 25.8 Å². The summed E-state index contributed by atoms with van der Waals surface area (Å²) < 4.78 is 5.03. The highest BCUT2D eigenvalue weighted by Crippen LogP contribution is 2.22. The second-order valence-electron chi connectivity index (χ2n) is 7.59. The van der Waals surface area contributed by atoms with Gasteiger partial charge in [-0.1, -0.05) is 36.4 Å². The molecule has 146 valence electrons. The number of carbonyl (C=O) groups excluding carboxylic acids is 1. The fraction of sp³-hybridized carbons (Fsp3) is 0.500.